The highest BCUT2D eigenvalue weighted by Gasteiger charge is 2.15. The van der Waals surface area contributed by atoms with E-state index in [9.17, 15) is 13.2 Å². The molecule has 1 unspecified atom stereocenters. The van der Waals surface area contributed by atoms with Crippen molar-refractivity contribution in [1.82, 2.24) is 5.32 Å². The lowest BCUT2D eigenvalue weighted by Gasteiger charge is -2.15. The Balaban J connectivity index is 2.74. The summed E-state index contributed by atoms with van der Waals surface area (Å²) < 4.78 is 25.0. The SMILES string of the molecule is CCCCCC(C)NC(=O)c1ccccc1NS(C)(=O)=O. The number of carbonyl (C=O) groups excluding carboxylic acids is 1. The average Bonchev–Trinajstić information content (AvgIpc) is 2.37. The molecule has 0 saturated heterocycles. The molecule has 2 N–H and O–H groups in total. The van der Waals surface area contributed by atoms with Crippen molar-refractivity contribution in [2.24, 2.45) is 0 Å². The van der Waals surface area contributed by atoms with Gasteiger partial charge in [-0.3, -0.25) is 9.52 Å². The number of amides is 1. The standard InChI is InChI=1S/C15H24N2O3S/c1-4-5-6-9-12(2)16-15(18)13-10-7-8-11-14(13)17-21(3,19)20/h7-8,10-12,17H,4-6,9H2,1-3H3,(H,16,18). The highest BCUT2D eigenvalue weighted by atomic mass is 32.2. The summed E-state index contributed by atoms with van der Waals surface area (Å²) in [6, 6.07) is 6.66. The van der Waals surface area contributed by atoms with Crippen LogP contribution in [0.3, 0.4) is 0 Å². The molecular formula is C15H24N2O3S. The average molecular weight is 312 g/mol. The molecule has 1 aromatic carbocycles. The van der Waals surface area contributed by atoms with Gasteiger partial charge in [-0.15, -0.1) is 0 Å². The first kappa shape index (κ1) is 17.5. The first-order chi connectivity index (χ1) is 9.83. The van der Waals surface area contributed by atoms with Crippen LogP contribution in [0.5, 0.6) is 0 Å². The van der Waals surface area contributed by atoms with Crippen molar-refractivity contribution in [3.63, 3.8) is 0 Å². The van der Waals surface area contributed by atoms with Crippen molar-refractivity contribution in [2.45, 2.75) is 45.6 Å². The van der Waals surface area contributed by atoms with E-state index in [0.29, 0.717) is 11.3 Å². The molecule has 0 saturated carbocycles. The van der Waals surface area contributed by atoms with E-state index in [1.54, 1.807) is 24.3 Å². The number of hydrogen-bond acceptors (Lipinski definition) is 3. The van der Waals surface area contributed by atoms with Gasteiger partial charge in [0.15, 0.2) is 0 Å². The minimum absolute atomic E-state index is 0.0651. The van der Waals surface area contributed by atoms with Crippen molar-refractivity contribution < 1.29 is 13.2 Å². The van der Waals surface area contributed by atoms with Gasteiger partial charge in [-0.25, -0.2) is 8.42 Å². The molecular weight excluding hydrogens is 288 g/mol. The summed E-state index contributed by atoms with van der Waals surface area (Å²) in [5.74, 6) is -0.259. The summed E-state index contributed by atoms with van der Waals surface area (Å²) in [5, 5.41) is 2.91. The zero-order valence-electron chi connectivity index (χ0n) is 12.8. The monoisotopic (exact) mass is 312 g/mol. The quantitative estimate of drug-likeness (QED) is 0.725. The molecule has 5 nitrogen and oxygen atoms in total. The third kappa shape index (κ3) is 6.62. The molecule has 0 aromatic heterocycles. The third-order valence-electron chi connectivity index (χ3n) is 3.09. The molecule has 6 heteroatoms. The van der Waals surface area contributed by atoms with Crippen LogP contribution >= 0.6 is 0 Å². The summed E-state index contributed by atoms with van der Waals surface area (Å²) in [6.45, 7) is 4.09. The number of sulfonamides is 1. The third-order valence-corrected chi connectivity index (χ3v) is 3.68. The summed E-state index contributed by atoms with van der Waals surface area (Å²) >= 11 is 0. The van der Waals surface area contributed by atoms with Crippen LogP contribution in [-0.4, -0.2) is 26.6 Å². The number of benzene rings is 1. The maximum Gasteiger partial charge on any atom is 0.253 e. The molecule has 0 aliphatic heterocycles. The van der Waals surface area contributed by atoms with Crippen molar-refractivity contribution in [1.29, 1.82) is 0 Å². The normalized spacial score (nSPS) is 12.7. The number of carbonyl (C=O) groups is 1. The zero-order chi connectivity index (χ0) is 15.9. The highest BCUT2D eigenvalue weighted by molar-refractivity contribution is 7.92. The van der Waals surface area contributed by atoms with Crippen LogP contribution < -0.4 is 10.0 Å². The summed E-state index contributed by atoms with van der Waals surface area (Å²) in [6.07, 6.45) is 5.34. The first-order valence-electron chi connectivity index (χ1n) is 7.21. The number of unbranched alkanes of at least 4 members (excludes halogenated alkanes) is 2. The second kappa shape index (κ2) is 8.02. The van der Waals surface area contributed by atoms with Gasteiger partial charge in [0, 0.05) is 6.04 Å². The van der Waals surface area contributed by atoms with E-state index in [1.165, 1.54) is 0 Å². The van der Waals surface area contributed by atoms with E-state index < -0.39 is 10.0 Å². The molecule has 1 rings (SSSR count). The van der Waals surface area contributed by atoms with E-state index in [1.807, 2.05) is 6.92 Å². The van der Waals surface area contributed by atoms with E-state index in [4.69, 9.17) is 0 Å². The molecule has 0 bridgehead atoms. The van der Waals surface area contributed by atoms with Gasteiger partial charge in [0.2, 0.25) is 10.0 Å². The molecule has 0 spiro atoms. The summed E-state index contributed by atoms with van der Waals surface area (Å²) in [5.41, 5.74) is 0.642. The maximum absolute atomic E-state index is 12.2. The predicted molar refractivity (Wildman–Crippen MR) is 86.0 cm³/mol. The van der Waals surface area contributed by atoms with Gasteiger partial charge in [-0.1, -0.05) is 38.3 Å². The van der Waals surface area contributed by atoms with Crippen LogP contribution in [0.2, 0.25) is 0 Å². The van der Waals surface area contributed by atoms with Crippen LogP contribution in [0, 0.1) is 0 Å². The molecule has 1 atom stereocenters. The Morgan fingerprint density at radius 2 is 1.90 bits per heavy atom. The van der Waals surface area contributed by atoms with Gasteiger partial charge in [0.05, 0.1) is 17.5 Å². The summed E-state index contributed by atoms with van der Waals surface area (Å²) in [4.78, 5) is 12.2. The molecule has 118 valence electrons. The fourth-order valence-electron chi connectivity index (χ4n) is 2.04. The Kier molecular flexibility index (Phi) is 6.68. The molecule has 0 aliphatic carbocycles. The Labute approximate surface area is 127 Å². The fraction of sp³-hybridized carbons (Fsp3) is 0.533. The fourth-order valence-corrected chi connectivity index (χ4v) is 2.62. The van der Waals surface area contributed by atoms with Gasteiger partial charge in [0.25, 0.3) is 5.91 Å². The maximum atomic E-state index is 12.2. The first-order valence-corrected chi connectivity index (χ1v) is 9.10. The number of nitrogens with one attached hydrogen (secondary N) is 2. The number of hydrogen-bond donors (Lipinski definition) is 2. The topological polar surface area (TPSA) is 75.3 Å². The Hall–Kier alpha value is -1.56. The number of para-hydroxylation sites is 1. The molecule has 0 fully saturated rings. The molecule has 1 aromatic rings. The largest absolute Gasteiger partial charge is 0.350 e. The number of rotatable bonds is 8. The molecule has 0 heterocycles. The van der Waals surface area contributed by atoms with E-state index in [2.05, 4.69) is 17.0 Å². The minimum Gasteiger partial charge on any atom is -0.350 e. The molecule has 21 heavy (non-hydrogen) atoms. The lowest BCUT2D eigenvalue weighted by molar-refractivity contribution is 0.0939. The lowest BCUT2D eigenvalue weighted by atomic mass is 10.1. The molecule has 1 amide bonds. The second-order valence-electron chi connectivity index (χ2n) is 5.29. The van der Waals surface area contributed by atoms with Crippen LogP contribution in [0.15, 0.2) is 24.3 Å². The minimum atomic E-state index is -3.41. The zero-order valence-corrected chi connectivity index (χ0v) is 13.7. The van der Waals surface area contributed by atoms with Gasteiger partial charge in [0.1, 0.15) is 0 Å². The highest BCUT2D eigenvalue weighted by Crippen LogP contribution is 2.16. The Morgan fingerprint density at radius 1 is 1.24 bits per heavy atom. The van der Waals surface area contributed by atoms with Gasteiger partial charge in [-0.2, -0.15) is 0 Å². The smallest absolute Gasteiger partial charge is 0.253 e. The van der Waals surface area contributed by atoms with Crippen molar-refractivity contribution in [3.05, 3.63) is 29.8 Å². The molecule has 0 aliphatic rings. The predicted octanol–water partition coefficient (Wildman–Crippen LogP) is 2.76. The van der Waals surface area contributed by atoms with Crippen molar-refractivity contribution in [2.75, 3.05) is 11.0 Å². The van der Waals surface area contributed by atoms with E-state index >= 15 is 0 Å². The van der Waals surface area contributed by atoms with Gasteiger partial charge in [-0.05, 0) is 25.5 Å². The van der Waals surface area contributed by atoms with Crippen LogP contribution in [0.1, 0.15) is 49.9 Å². The van der Waals surface area contributed by atoms with Gasteiger partial charge >= 0.3 is 0 Å². The molecule has 0 radical (unpaired) electrons. The lowest BCUT2D eigenvalue weighted by Crippen LogP contribution is -2.33. The Bertz CT molecular complexity index is 570. The number of anilines is 1. The van der Waals surface area contributed by atoms with Crippen LogP contribution in [0.4, 0.5) is 5.69 Å². The van der Waals surface area contributed by atoms with Gasteiger partial charge < -0.3 is 5.32 Å². The van der Waals surface area contributed by atoms with Crippen molar-refractivity contribution >= 4 is 21.6 Å². The Morgan fingerprint density at radius 3 is 2.52 bits per heavy atom. The van der Waals surface area contributed by atoms with E-state index in [-0.39, 0.29) is 11.9 Å². The van der Waals surface area contributed by atoms with Crippen LogP contribution in [-0.2, 0) is 10.0 Å². The summed E-state index contributed by atoms with van der Waals surface area (Å²) in [7, 11) is -3.41. The van der Waals surface area contributed by atoms with Crippen molar-refractivity contribution in [3.8, 4) is 0 Å². The van der Waals surface area contributed by atoms with E-state index in [0.717, 1.165) is 31.9 Å². The second-order valence-corrected chi connectivity index (χ2v) is 7.04. The van der Waals surface area contributed by atoms with Crippen LogP contribution in [0.25, 0.3) is 0 Å².